The highest BCUT2D eigenvalue weighted by Crippen LogP contribution is 2.17. The first-order valence-electron chi connectivity index (χ1n) is 5.48. The van der Waals surface area contributed by atoms with Gasteiger partial charge in [-0.2, -0.15) is 0 Å². The number of phenolic OH excluding ortho intramolecular Hbond substituents is 1. The third-order valence-electron chi connectivity index (χ3n) is 2.33. The molecule has 0 saturated carbocycles. The maximum atomic E-state index is 12.9. The summed E-state index contributed by atoms with van der Waals surface area (Å²) in [7, 11) is 1.46. The van der Waals surface area contributed by atoms with Crippen molar-refractivity contribution in [2.45, 2.75) is 12.5 Å². The second-order valence-corrected chi connectivity index (χ2v) is 3.82. The van der Waals surface area contributed by atoms with Crippen molar-refractivity contribution in [3.63, 3.8) is 0 Å². The zero-order valence-electron chi connectivity index (χ0n) is 10.0. The molecule has 1 rings (SSSR count). The minimum absolute atomic E-state index is 0.128. The number of ether oxygens (including phenoxy) is 1. The van der Waals surface area contributed by atoms with Crippen molar-refractivity contribution in [2.75, 3.05) is 20.3 Å². The average Bonchev–Trinajstić information content (AvgIpc) is 2.32. The summed E-state index contributed by atoms with van der Waals surface area (Å²) in [6, 6.07) is 3.13. The van der Waals surface area contributed by atoms with E-state index < -0.39 is 17.8 Å². The van der Waals surface area contributed by atoms with Crippen molar-refractivity contribution in [2.24, 2.45) is 0 Å². The molecule has 1 amide bonds. The second kappa shape index (κ2) is 6.93. The van der Waals surface area contributed by atoms with Crippen LogP contribution in [0.25, 0.3) is 0 Å². The lowest BCUT2D eigenvalue weighted by Gasteiger charge is -2.10. The zero-order valence-corrected chi connectivity index (χ0v) is 10.0. The normalized spacial score (nSPS) is 12.2. The number of aliphatic hydroxyl groups excluding tert-OH is 1. The van der Waals surface area contributed by atoms with Crippen molar-refractivity contribution in [1.29, 1.82) is 0 Å². The predicted molar refractivity (Wildman–Crippen MR) is 62.9 cm³/mol. The number of hydrogen-bond acceptors (Lipinski definition) is 4. The fourth-order valence-corrected chi connectivity index (χ4v) is 1.41. The molecule has 1 aromatic carbocycles. The van der Waals surface area contributed by atoms with E-state index in [1.54, 1.807) is 0 Å². The molecule has 0 spiro atoms. The van der Waals surface area contributed by atoms with Crippen LogP contribution in [0.1, 0.15) is 16.8 Å². The second-order valence-electron chi connectivity index (χ2n) is 3.82. The highest BCUT2D eigenvalue weighted by Gasteiger charge is 2.12. The minimum atomic E-state index is -0.670. The number of halogens is 1. The van der Waals surface area contributed by atoms with Gasteiger partial charge in [0.2, 0.25) is 0 Å². The van der Waals surface area contributed by atoms with E-state index in [0.29, 0.717) is 6.42 Å². The van der Waals surface area contributed by atoms with Gasteiger partial charge < -0.3 is 20.3 Å². The Morgan fingerprint density at radius 3 is 2.94 bits per heavy atom. The van der Waals surface area contributed by atoms with Crippen LogP contribution in [0, 0.1) is 5.82 Å². The van der Waals surface area contributed by atoms with Crippen molar-refractivity contribution in [3.05, 3.63) is 29.6 Å². The number of carbonyl (C=O) groups is 1. The molecule has 0 heterocycles. The quantitative estimate of drug-likeness (QED) is 0.699. The summed E-state index contributed by atoms with van der Waals surface area (Å²) < 4.78 is 17.6. The smallest absolute Gasteiger partial charge is 0.255 e. The van der Waals surface area contributed by atoms with Gasteiger partial charge in [-0.3, -0.25) is 4.79 Å². The van der Waals surface area contributed by atoms with Gasteiger partial charge in [0.15, 0.2) is 0 Å². The van der Waals surface area contributed by atoms with E-state index in [9.17, 15) is 19.4 Å². The first kappa shape index (κ1) is 14.4. The number of phenols is 1. The van der Waals surface area contributed by atoms with Gasteiger partial charge in [-0.15, -0.1) is 0 Å². The van der Waals surface area contributed by atoms with Crippen molar-refractivity contribution < 1.29 is 24.1 Å². The number of hydrogen-bond donors (Lipinski definition) is 3. The van der Waals surface area contributed by atoms with E-state index in [2.05, 4.69) is 5.32 Å². The number of aliphatic hydroxyl groups is 1. The molecule has 3 N–H and O–H groups in total. The lowest BCUT2D eigenvalue weighted by Crippen LogP contribution is -2.28. The van der Waals surface area contributed by atoms with E-state index in [1.807, 2.05) is 0 Å². The molecule has 0 fully saturated rings. The largest absolute Gasteiger partial charge is 0.507 e. The van der Waals surface area contributed by atoms with Crippen LogP contribution in [-0.2, 0) is 4.74 Å². The van der Waals surface area contributed by atoms with Crippen molar-refractivity contribution >= 4 is 5.91 Å². The Bertz CT molecular complexity index is 411. The van der Waals surface area contributed by atoms with E-state index in [1.165, 1.54) is 7.11 Å². The average molecular weight is 257 g/mol. The third-order valence-corrected chi connectivity index (χ3v) is 2.33. The Hall–Kier alpha value is -1.66. The topological polar surface area (TPSA) is 78.8 Å². The number of aromatic hydroxyl groups is 1. The highest BCUT2D eigenvalue weighted by molar-refractivity contribution is 5.96. The number of rotatable bonds is 6. The molecule has 100 valence electrons. The number of benzene rings is 1. The van der Waals surface area contributed by atoms with Crippen LogP contribution in [0.4, 0.5) is 4.39 Å². The Kier molecular flexibility index (Phi) is 5.54. The first-order valence-corrected chi connectivity index (χ1v) is 5.48. The number of methoxy groups -OCH3 is 1. The molecule has 5 nitrogen and oxygen atoms in total. The van der Waals surface area contributed by atoms with Gasteiger partial charge in [-0.1, -0.05) is 0 Å². The van der Waals surface area contributed by atoms with Crippen LogP contribution in [0.3, 0.4) is 0 Å². The Morgan fingerprint density at radius 1 is 1.56 bits per heavy atom. The van der Waals surface area contributed by atoms with Gasteiger partial charge in [0.1, 0.15) is 11.6 Å². The predicted octanol–water partition coefficient (Wildman–Crippen LogP) is 0.658. The molecule has 6 heteroatoms. The summed E-state index contributed by atoms with van der Waals surface area (Å²) in [4.78, 5) is 11.6. The summed E-state index contributed by atoms with van der Waals surface area (Å²) in [6.45, 7) is 0.389. The fraction of sp³-hybridized carbons (Fsp3) is 0.417. The Balaban J connectivity index is 2.48. The zero-order chi connectivity index (χ0) is 13.5. The van der Waals surface area contributed by atoms with Crippen LogP contribution in [0.2, 0.25) is 0 Å². The summed E-state index contributed by atoms with van der Waals surface area (Å²) in [5, 5.41) is 21.2. The summed E-state index contributed by atoms with van der Waals surface area (Å²) in [5.74, 6) is -1.47. The number of nitrogens with one attached hydrogen (secondary N) is 1. The van der Waals surface area contributed by atoms with Crippen LogP contribution in [0.15, 0.2) is 18.2 Å². The van der Waals surface area contributed by atoms with Crippen molar-refractivity contribution in [1.82, 2.24) is 5.32 Å². The summed E-state index contributed by atoms with van der Waals surface area (Å²) in [6.07, 6.45) is -0.355. The maximum absolute atomic E-state index is 12.9. The molecule has 1 unspecified atom stereocenters. The van der Waals surface area contributed by atoms with Crippen LogP contribution < -0.4 is 5.32 Å². The van der Waals surface area contributed by atoms with Crippen LogP contribution in [0.5, 0.6) is 5.75 Å². The van der Waals surface area contributed by atoms with Crippen LogP contribution in [-0.4, -0.2) is 42.5 Å². The molecule has 0 aliphatic heterocycles. The molecule has 0 saturated heterocycles. The number of amides is 1. The molecule has 0 aromatic heterocycles. The van der Waals surface area contributed by atoms with Gasteiger partial charge in [-0.05, 0) is 24.6 Å². The maximum Gasteiger partial charge on any atom is 0.255 e. The Morgan fingerprint density at radius 2 is 2.28 bits per heavy atom. The summed E-state index contributed by atoms with van der Waals surface area (Å²) in [5.41, 5.74) is -0.128. The lowest BCUT2D eigenvalue weighted by molar-refractivity contribution is 0.0587. The summed E-state index contributed by atoms with van der Waals surface area (Å²) >= 11 is 0. The molecule has 1 aromatic rings. The SMILES string of the molecule is COCC(O)CCNC(=O)c1cc(F)ccc1O. The standard InChI is InChI=1S/C12H16FNO4/c1-18-7-9(15)4-5-14-12(17)10-6-8(13)2-3-11(10)16/h2-3,6,9,15-16H,4-5,7H2,1H3,(H,14,17). The molecule has 0 aliphatic rings. The fourth-order valence-electron chi connectivity index (χ4n) is 1.41. The van der Waals surface area contributed by atoms with Gasteiger partial charge in [-0.25, -0.2) is 4.39 Å². The van der Waals surface area contributed by atoms with Gasteiger partial charge in [0.05, 0.1) is 18.3 Å². The van der Waals surface area contributed by atoms with Gasteiger partial charge >= 0.3 is 0 Å². The molecule has 1 atom stereocenters. The molecule has 0 radical (unpaired) electrons. The third kappa shape index (κ3) is 4.31. The highest BCUT2D eigenvalue weighted by atomic mass is 19.1. The van der Waals surface area contributed by atoms with E-state index in [0.717, 1.165) is 18.2 Å². The van der Waals surface area contributed by atoms with E-state index >= 15 is 0 Å². The number of carbonyl (C=O) groups excluding carboxylic acids is 1. The minimum Gasteiger partial charge on any atom is -0.507 e. The van der Waals surface area contributed by atoms with Gasteiger partial charge in [0.25, 0.3) is 5.91 Å². The molecular formula is C12H16FNO4. The molecule has 18 heavy (non-hydrogen) atoms. The van der Waals surface area contributed by atoms with E-state index in [4.69, 9.17) is 4.74 Å². The van der Waals surface area contributed by atoms with Crippen LogP contribution >= 0.6 is 0 Å². The first-order chi connectivity index (χ1) is 8.54. The van der Waals surface area contributed by atoms with Gasteiger partial charge in [0, 0.05) is 13.7 Å². The van der Waals surface area contributed by atoms with E-state index in [-0.39, 0.29) is 24.5 Å². The molecule has 0 aliphatic carbocycles. The molecular weight excluding hydrogens is 241 g/mol. The monoisotopic (exact) mass is 257 g/mol. The Labute approximate surface area is 104 Å². The van der Waals surface area contributed by atoms with Crippen molar-refractivity contribution in [3.8, 4) is 5.75 Å². The molecule has 0 bridgehead atoms. The lowest BCUT2D eigenvalue weighted by atomic mass is 10.1.